The number of amides is 12. The molecule has 104 heavy (non-hydrogen) atoms. The molecule has 34 heteroatoms. The molecule has 3 unspecified atom stereocenters. The van der Waals surface area contributed by atoms with Gasteiger partial charge in [-0.15, -0.1) is 11.6 Å². The Labute approximate surface area is 608 Å². The second-order valence-electron chi connectivity index (χ2n) is 30.6. The number of likely N-dealkylation sites (tertiary alicyclic amines) is 1. The summed E-state index contributed by atoms with van der Waals surface area (Å²) in [6, 6.07) is -11.1. The number of nitrogens with one attached hydrogen (secondary N) is 4. The van der Waals surface area contributed by atoms with Gasteiger partial charge in [0, 0.05) is 54.2 Å². The molecule has 590 valence electrons. The van der Waals surface area contributed by atoms with Crippen molar-refractivity contribution in [2.24, 2.45) is 35.5 Å². The molecule has 3 heterocycles. The van der Waals surface area contributed by atoms with E-state index in [1.807, 2.05) is 0 Å². The summed E-state index contributed by atoms with van der Waals surface area (Å²) in [5.41, 5.74) is -1.82. The molecule has 1 spiro atoms. The third-order valence-corrected chi connectivity index (χ3v) is 22.9. The molecular formula is C70H108ClF9N12O12. The summed E-state index contributed by atoms with van der Waals surface area (Å²) >= 11 is 6.35. The number of likely N-dealkylation sites (N-methyl/N-ethyl adjacent to an activating group) is 6. The fourth-order valence-corrected chi connectivity index (χ4v) is 16.0. The molecule has 3 aliphatic carbocycles. The van der Waals surface area contributed by atoms with Gasteiger partial charge in [0.2, 0.25) is 70.9 Å². The van der Waals surface area contributed by atoms with Gasteiger partial charge >= 0.3 is 23.9 Å². The smallest absolute Gasteiger partial charge is 0.343 e. The fraction of sp³-hybridized carbons (Fsp3) is 0.829. The van der Waals surface area contributed by atoms with E-state index in [1.165, 1.54) is 52.0 Å². The molecule has 12 atom stereocenters. The number of hydrogen-bond donors (Lipinski definition) is 4. The highest BCUT2D eigenvalue weighted by Crippen LogP contribution is 2.50. The minimum atomic E-state index is -5.97. The Bertz CT molecular complexity index is 3090. The van der Waals surface area contributed by atoms with E-state index in [0.717, 1.165) is 63.7 Å². The van der Waals surface area contributed by atoms with Crippen molar-refractivity contribution in [1.29, 1.82) is 0 Å². The highest BCUT2D eigenvalue weighted by Gasteiger charge is 2.75. The minimum Gasteiger partial charge on any atom is -0.343 e. The first-order chi connectivity index (χ1) is 48.3. The largest absolute Gasteiger partial charge is 0.393 e. The lowest BCUT2D eigenvalue weighted by Gasteiger charge is -2.44. The monoisotopic (exact) mass is 1510 g/mol. The second kappa shape index (κ2) is 35.8. The van der Waals surface area contributed by atoms with E-state index in [0.29, 0.717) is 12.8 Å². The first-order valence-electron chi connectivity index (χ1n) is 36.5. The lowest BCUT2D eigenvalue weighted by Crippen LogP contribution is -2.70. The molecule has 12 amide bonds. The maximum Gasteiger partial charge on any atom is 0.393 e. The zero-order chi connectivity index (χ0) is 78.1. The van der Waals surface area contributed by atoms with Crippen molar-refractivity contribution in [2.75, 3.05) is 81.6 Å². The Morgan fingerprint density at radius 2 is 1.16 bits per heavy atom. The van der Waals surface area contributed by atoms with Gasteiger partial charge in [0.25, 0.3) is 0 Å². The Morgan fingerprint density at radius 1 is 0.587 bits per heavy atom. The number of nitrogens with zero attached hydrogens (tertiary/aromatic N) is 8. The first-order valence-corrected chi connectivity index (χ1v) is 37.0. The molecule has 3 saturated heterocycles. The van der Waals surface area contributed by atoms with Crippen molar-refractivity contribution in [1.82, 2.24) is 60.5 Å². The van der Waals surface area contributed by atoms with Gasteiger partial charge in [0.1, 0.15) is 47.8 Å². The molecule has 4 N–H and O–H groups in total. The SMILES string of the molecule is CC[C@H](C)[C@@H]1NC(=O)[C@H](CC(C)C)N(C)C(=O)C[C@@H](C(=O)N2CC(F)(F)C(F)(F)C(F)(F)C2)NC(=O)[C@H]([C@@H](C)CC)N(C)C(=O)C2(CCCC2)NC(=O)[C@@H]2CCCN2C(=O)[C@H](CCC2CCC(C(F)(F)F)C(Cl)C2)NC(=O)CN(C)C(=O)[C@H](CC2CCCCC2)N(C)C(=O)CN(C)C(=O)CN(C)C1=O. The van der Waals surface area contributed by atoms with E-state index in [4.69, 9.17) is 11.6 Å². The Morgan fingerprint density at radius 3 is 1.73 bits per heavy atom. The van der Waals surface area contributed by atoms with Crippen molar-refractivity contribution in [3.05, 3.63) is 0 Å². The standard InChI is InChI=1S/C70H108ClF9N12O12/c1-13-41(5)56-64(103)87(9)36-54(95)85(7)37-55(96)89(11)51(33-43-21-16-15-17-22-43)63(102)86(8)35-52(93)81-47(27-25-44-24-26-45(46(71)32-44)69(76,77)78)62(101)92-30-20-23-49(92)59(98)84-66(28-18-19-29-66)65(104)90(12)57(42(6)14-2)60(99)82-48(34-53(94)88(10)50(31-40(3)4)58(97)83-56)61(100)91-38-67(72,73)70(79,80)68(74,75)39-91/h40-51,56-57H,13-39H2,1-12H3,(H,81,93)(H,82,99)(H,83,97)(H,84,98)/t41-,42-,44?,45?,46?,47-,48-,49-,50-,51-,56-,57-/m0/s1. The molecule has 6 rings (SSSR count). The van der Waals surface area contributed by atoms with Crippen LogP contribution in [-0.4, -0.2) is 269 Å². The zero-order valence-corrected chi connectivity index (χ0v) is 62.7. The van der Waals surface area contributed by atoms with Crippen LogP contribution in [0.4, 0.5) is 39.5 Å². The number of rotatable bonds is 12. The Kier molecular flexibility index (Phi) is 29.7. The van der Waals surface area contributed by atoms with Crippen LogP contribution in [0.25, 0.3) is 0 Å². The van der Waals surface area contributed by atoms with Gasteiger partial charge in [0.05, 0.1) is 45.1 Å². The van der Waals surface area contributed by atoms with E-state index in [9.17, 15) is 65.1 Å². The molecule has 3 aliphatic heterocycles. The number of carbonyl (C=O) groups is 12. The van der Waals surface area contributed by atoms with Crippen LogP contribution in [0.1, 0.15) is 176 Å². The third-order valence-electron chi connectivity index (χ3n) is 22.4. The topological polar surface area (TPSA) is 279 Å². The van der Waals surface area contributed by atoms with Crippen molar-refractivity contribution >= 4 is 82.5 Å². The molecule has 0 aromatic carbocycles. The van der Waals surface area contributed by atoms with Gasteiger partial charge in [0.15, 0.2) is 0 Å². The second-order valence-corrected chi connectivity index (χ2v) is 31.2. The summed E-state index contributed by atoms with van der Waals surface area (Å²) in [4.78, 5) is 184. The number of hydrogen-bond acceptors (Lipinski definition) is 12. The molecule has 3 saturated carbocycles. The van der Waals surface area contributed by atoms with Crippen LogP contribution >= 0.6 is 11.6 Å². The highest BCUT2D eigenvalue weighted by molar-refractivity contribution is 6.21. The van der Waals surface area contributed by atoms with E-state index < -0.39 is 217 Å². The molecule has 24 nitrogen and oxygen atoms in total. The summed E-state index contributed by atoms with van der Waals surface area (Å²) in [5.74, 6) is -33.0. The van der Waals surface area contributed by atoms with Gasteiger partial charge in [-0.3, -0.25) is 57.5 Å². The summed E-state index contributed by atoms with van der Waals surface area (Å²) in [7, 11) is 7.54. The summed E-state index contributed by atoms with van der Waals surface area (Å²) in [6.07, 6.45) is -0.999. The number of carbonyl (C=O) groups excluding carboxylic acids is 12. The maximum absolute atomic E-state index is 15.4. The van der Waals surface area contributed by atoms with Crippen LogP contribution in [0.15, 0.2) is 0 Å². The molecule has 6 aliphatic rings. The fourth-order valence-electron chi connectivity index (χ4n) is 15.5. The van der Waals surface area contributed by atoms with E-state index in [2.05, 4.69) is 21.3 Å². The predicted octanol–water partition coefficient (Wildman–Crippen LogP) is 6.34. The molecule has 0 aromatic heterocycles. The normalized spacial score (nSPS) is 30.1. The predicted molar refractivity (Wildman–Crippen MR) is 364 cm³/mol. The molecule has 0 bridgehead atoms. The zero-order valence-electron chi connectivity index (χ0n) is 61.9. The van der Waals surface area contributed by atoms with Crippen molar-refractivity contribution in [3.63, 3.8) is 0 Å². The number of fused-ring (bicyclic) bond motifs is 1. The van der Waals surface area contributed by atoms with Crippen LogP contribution in [0.5, 0.6) is 0 Å². The molecular weight excluding hydrogens is 1410 g/mol. The van der Waals surface area contributed by atoms with Crippen molar-refractivity contribution < 1.29 is 97.0 Å². The van der Waals surface area contributed by atoms with Crippen molar-refractivity contribution in [2.45, 2.75) is 254 Å². The van der Waals surface area contributed by atoms with Gasteiger partial charge in [-0.2, -0.15) is 39.5 Å². The van der Waals surface area contributed by atoms with Crippen LogP contribution in [0.2, 0.25) is 0 Å². The van der Waals surface area contributed by atoms with Crippen molar-refractivity contribution in [3.8, 4) is 0 Å². The average molecular weight is 1520 g/mol. The lowest BCUT2D eigenvalue weighted by atomic mass is 9.78. The highest BCUT2D eigenvalue weighted by atomic mass is 35.5. The minimum absolute atomic E-state index is 0.0233. The first kappa shape index (κ1) is 86.2. The van der Waals surface area contributed by atoms with Crippen LogP contribution < -0.4 is 21.3 Å². The summed E-state index contributed by atoms with van der Waals surface area (Å²) in [5, 5.41) is 9.26. The Balaban J connectivity index is 1.44. The van der Waals surface area contributed by atoms with Crippen LogP contribution in [0, 0.1) is 35.5 Å². The number of alkyl halides is 10. The average Bonchev–Trinajstić information content (AvgIpc) is 0.927. The quantitative estimate of drug-likeness (QED) is 0.123. The third kappa shape index (κ3) is 20.5. The van der Waals surface area contributed by atoms with Gasteiger partial charge in [-0.1, -0.05) is 99.3 Å². The van der Waals surface area contributed by atoms with Gasteiger partial charge < -0.3 is 60.5 Å². The maximum atomic E-state index is 15.4. The lowest BCUT2D eigenvalue weighted by molar-refractivity contribution is -0.335. The van der Waals surface area contributed by atoms with Gasteiger partial charge in [-0.05, 0) is 100 Å². The summed E-state index contributed by atoms with van der Waals surface area (Å²) < 4.78 is 132. The number of piperidine rings is 1. The van der Waals surface area contributed by atoms with E-state index in [1.54, 1.807) is 34.6 Å². The van der Waals surface area contributed by atoms with E-state index >= 15 is 31.9 Å². The molecule has 6 fully saturated rings. The van der Waals surface area contributed by atoms with Crippen LogP contribution in [0.3, 0.4) is 0 Å². The number of halogens is 10. The summed E-state index contributed by atoms with van der Waals surface area (Å²) in [6.45, 7) is 3.11. The van der Waals surface area contributed by atoms with E-state index in [-0.39, 0.29) is 101 Å². The molecule has 0 radical (unpaired) electrons. The van der Waals surface area contributed by atoms with Gasteiger partial charge in [-0.25, -0.2) is 0 Å². The Hall–Kier alpha value is -6.70. The molecule has 0 aromatic rings. The van der Waals surface area contributed by atoms with Crippen LogP contribution in [-0.2, 0) is 57.5 Å².